The summed E-state index contributed by atoms with van der Waals surface area (Å²) in [5.74, 6) is -0.866. The van der Waals surface area contributed by atoms with Crippen molar-refractivity contribution in [3.63, 3.8) is 0 Å². The first-order valence-electron chi connectivity index (χ1n) is 16.5. The molecule has 47 heavy (non-hydrogen) atoms. The molecular formula is C39H47N3O5. The molecule has 3 N–H and O–H groups in total. The molecule has 248 valence electrons. The molecular weight excluding hydrogens is 590 g/mol. The summed E-state index contributed by atoms with van der Waals surface area (Å²) in [6, 6.07) is 27.3. The molecule has 3 amide bonds. The number of nitrogens with zero attached hydrogens (tertiary/aromatic N) is 1. The zero-order valence-corrected chi connectivity index (χ0v) is 27.9. The van der Waals surface area contributed by atoms with Crippen molar-refractivity contribution in [3.8, 4) is 5.75 Å². The maximum Gasteiger partial charge on any atom is 0.408 e. The number of aromatic hydroxyl groups is 1. The number of alkyl carbamates (subject to hydrolysis) is 1. The lowest BCUT2D eigenvalue weighted by Crippen LogP contribution is -2.53. The first-order valence-corrected chi connectivity index (χ1v) is 16.5. The summed E-state index contributed by atoms with van der Waals surface area (Å²) in [7, 11) is 0. The third-order valence-electron chi connectivity index (χ3n) is 7.82. The zero-order chi connectivity index (χ0) is 33.8. The van der Waals surface area contributed by atoms with E-state index in [2.05, 4.69) is 17.6 Å². The van der Waals surface area contributed by atoms with Crippen LogP contribution in [0.15, 0.2) is 97.1 Å². The van der Waals surface area contributed by atoms with E-state index in [1.807, 2.05) is 72.8 Å². The number of rotatable bonds is 14. The Morgan fingerprint density at radius 3 is 2.21 bits per heavy atom. The number of unbranched alkanes of at least 4 members (excludes halogenated alkanes) is 4. The van der Waals surface area contributed by atoms with Gasteiger partial charge in [0.2, 0.25) is 5.91 Å². The van der Waals surface area contributed by atoms with Crippen LogP contribution in [-0.4, -0.2) is 46.1 Å². The summed E-state index contributed by atoms with van der Waals surface area (Å²) in [6.07, 6.45) is 4.16. The van der Waals surface area contributed by atoms with Crippen LogP contribution in [0.5, 0.6) is 5.75 Å². The molecule has 0 spiro atoms. The molecule has 0 radical (unpaired) electrons. The summed E-state index contributed by atoms with van der Waals surface area (Å²) in [5, 5.41) is 18.3. The number of phenolic OH excluding ortho intramolecular Hbond substituents is 1. The maximum absolute atomic E-state index is 14.7. The summed E-state index contributed by atoms with van der Waals surface area (Å²) >= 11 is 0. The summed E-state index contributed by atoms with van der Waals surface area (Å²) in [4.78, 5) is 43.7. The van der Waals surface area contributed by atoms with Crippen LogP contribution in [0, 0.1) is 0 Å². The van der Waals surface area contributed by atoms with Crippen molar-refractivity contribution in [1.82, 2.24) is 10.2 Å². The lowest BCUT2D eigenvalue weighted by atomic mass is 9.99. The molecule has 2 unspecified atom stereocenters. The minimum absolute atomic E-state index is 0.0194. The Hall–Kier alpha value is -4.85. The van der Waals surface area contributed by atoms with Gasteiger partial charge in [0.1, 0.15) is 23.4 Å². The van der Waals surface area contributed by atoms with E-state index in [0.717, 1.165) is 42.0 Å². The molecule has 0 aliphatic carbocycles. The Morgan fingerprint density at radius 1 is 0.809 bits per heavy atom. The van der Waals surface area contributed by atoms with Crippen LogP contribution in [0.2, 0.25) is 0 Å². The Bertz CT molecular complexity index is 1630. The van der Waals surface area contributed by atoms with Crippen molar-refractivity contribution in [2.75, 3.05) is 11.9 Å². The van der Waals surface area contributed by atoms with Crippen LogP contribution in [0.25, 0.3) is 10.8 Å². The first-order chi connectivity index (χ1) is 22.5. The summed E-state index contributed by atoms with van der Waals surface area (Å²) in [6.45, 7) is 7.70. The second kappa shape index (κ2) is 16.6. The maximum atomic E-state index is 14.7. The number of amides is 3. The van der Waals surface area contributed by atoms with Gasteiger partial charge in [-0.2, -0.15) is 0 Å². The van der Waals surface area contributed by atoms with Crippen LogP contribution in [0.1, 0.15) is 77.0 Å². The van der Waals surface area contributed by atoms with E-state index in [9.17, 15) is 19.5 Å². The fourth-order valence-corrected chi connectivity index (χ4v) is 5.60. The van der Waals surface area contributed by atoms with Crippen molar-refractivity contribution in [2.24, 2.45) is 0 Å². The van der Waals surface area contributed by atoms with Gasteiger partial charge in [-0.1, -0.05) is 105 Å². The van der Waals surface area contributed by atoms with Gasteiger partial charge in [0.15, 0.2) is 0 Å². The van der Waals surface area contributed by atoms with Crippen LogP contribution in [0.4, 0.5) is 10.5 Å². The van der Waals surface area contributed by atoms with E-state index in [1.54, 1.807) is 37.8 Å². The fraction of sp³-hybridized carbons (Fsp3) is 0.359. The smallest absolute Gasteiger partial charge is 0.408 e. The number of anilines is 1. The fourth-order valence-electron chi connectivity index (χ4n) is 5.60. The Morgan fingerprint density at radius 2 is 1.51 bits per heavy atom. The molecule has 4 rings (SSSR count). The molecule has 0 heterocycles. The molecule has 8 nitrogen and oxygen atoms in total. The van der Waals surface area contributed by atoms with Crippen LogP contribution >= 0.6 is 0 Å². The quantitative estimate of drug-likeness (QED) is 0.121. The third kappa shape index (κ3) is 10.6. The zero-order valence-electron chi connectivity index (χ0n) is 27.9. The first kappa shape index (κ1) is 35.0. The molecule has 4 aromatic carbocycles. The number of ether oxygens (including phenoxy) is 1. The minimum atomic E-state index is -1.09. The minimum Gasteiger partial charge on any atom is -0.508 e. The molecule has 0 saturated heterocycles. The normalized spacial score (nSPS) is 12.6. The Balaban J connectivity index is 1.74. The topological polar surface area (TPSA) is 108 Å². The Kier molecular flexibility index (Phi) is 12.4. The van der Waals surface area contributed by atoms with Crippen molar-refractivity contribution in [3.05, 3.63) is 108 Å². The van der Waals surface area contributed by atoms with Crippen LogP contribution in [0.3, 0.4) is 0 Å². The molecule has 0 aliphatic rings. The lowest BCUT2D eigenvalue weighted by Gasteiger charge is -2.34. The SMILES string of the molecule is CCCCCCCN(C(=O)C(Cc1ccccc1)NC(=O)OC(C)(C)C)C(C(=O)Nc1ccc2ccccc2c1)c1cccc(O)c1. The van der Waals surface area contributed by atoms with Crippen molar-refractivity contribution in [2.45, 2.75) is 83.9 Å². The number of carbonyl (C=O) groups excluding carboxylic acids is 3. The largest absolute Gasteiger partial charge is 0.508 e. The second-order valence-electron chi connectivity index (χ2n) is 12.9. The number of carbonyl (C=O) groups is 3. The highest BCUT2D eigenvalue weighted by atomic mass is 16.6. The van der Waals surface area contributed by atoms with Gasteiger partial charge in [-0.05, 0) is 73.4 Å². The van der Waals surface area contributed by atoms with Gasteiger partial charge in [0, 0.05) is 18.7 Å². The van der Waals surface area contributed by atoms with Crippen molar-refractivity contribution in [1.29, 1.82) is 0 Å². The number of hydrogen-bond acceptors (Lipinski definition) is 5. The standard InChI is InChI=1S/C39H47N3O5/c1-5-6-7-8-14-24-42(37(45)34(25-28-16-10-9-11-17-28)41-38(46)47-39(2,3)4)35(31-20-15-21-33(43)27-31)36(44)40-32-23-22-29-18-12-13-19-30(29)26-32/h9-13,15-23,26-27,34-35,43H,5-8,14,24-25H2,1-4H3,(H,40,44)(H,41,46). The predicted molar refractivity (Wildman–Crippen MR) is 187 cm³/mol. The predicted octanol–water partition coefficient (Wildman–Crippen LogP) is 8.16. The van der Waals surface area contributed by atoms with Gasteiger partial charge < -0.3 is 25.4 Å². The number of phenols is 1. The number of benzene rings is 4. The summed E-state index contributed by atoms with van der Waals surface area (Å²) in [5.41, 5.74) is 1.12. The molecule has 2 atom stereocenters. The highest BCUT2D eigenvalue weighted by Crippen LogP contribution is 2.29. The average molecular weight is 638 g/mol. The molecule has 0 bridgehead atoms. The average Bonchev–Trinajstić information content (AvgIpc) is 3.03. The molecule has 8 heteroatoms. The van der Waals surface area contributed by atoms with Crippen LogP contribution in [-0.2, 0) is 20.7 Å². The highest BCUT2D eigenvalue weighted by molar-refractivity contribution is 6.00. The number of fused-ring (bicyclic) bond motifs is 1. The third-order valence-corrected chi connectivity index (χ3v) is 7.82. The van der Waals surface area contributed by atoms with E-state index < -0.39 is 35.6 Å². The molecule has 4 aromatic rings. The van der Waals surface area contributed by atoms with Gasteiger partial charge in [-0.3, -0.25) is 9.59 Å². The van der Waals surface area contributed by atoms with Gasteiger partial charge in [0.05, 0.1) is 0 Å². The van der Waals surface area contributed by atoms with Crippen LogP contribution < -0.4 is 10.6 Å². The molecule has 0 saturated carbocycles. The van der Waals surface area contributed by atoms with E-state index in [4.69, 9.17) is 4.74 Å². The van der Waals surface area contributed by atoms with Gasteiger partial charge in [0.25, 0.3) is 5.91 Å². The monoisotopic (exact) mass is 637 g/mol. The highest BCUT2D eigenvalue weighted by Gasteiger charge is 2.36. The van der Waals surface area contributed by atoms with E-state index in [-0.39, 0.29) is 18.7 Å². The van der Waals surface area contributed by atoms with E-state index >= 15 is 0 Å². The van der Waals surface area contributed by atoms with Crippen molar-refractivity contribution >= 4 is 34.4 Å². The van der Waals surface area contributed by atoms with Gasteiger partial charge in [-0.15, -0.1) is 0 Å². The second-order valence-corrected chi connectivity index (χ2v) is 12.9. The van der Waals surface area contributed by atoms with E-state index in [1.165, 1.54) is 12.1 Å². The van der Waals surface area contributed by atoms with E-state index in [0.29, 0.717) is 17.7 Å². The number of nitrogens with one attached hydrogen (secondary N) is 2. The van der Waals surface area contributed by atoms with Gasteiger partial charge >= 0.3 is 6.09 Å². The molecule has 0 aliphatic heterocycles. The Labute approximate surface area is 278 Å². The summed E-state index contributed by atoms with van der Waals surface area (Å²) < 4.78 is 5.55. The number of hydrogen-bond donors (Lipinski definition) is 3. The lowest BCUT2D eigenvalue weighted by molar-refractivity contribution is -0.140. The molecule has 0 fully saturated rings. The van der Waals surface area contributed by atoms with Gasteiger partial charge in [-0.25, -0.2) is 4.79 Å². The molecule has 0 aromatic heterocycles. The van der Waals surface area contributed by atoms with Crippen molar-refractivity contribution < 1.29 is 24.2 Å².